The normalized spacial score (nSPS) is 12.8. The number of rotatable bonds is 8. The van der Waals surface area contributed by atoms with E-state index in [-0.39, 0.29) is 38.5 Å². The standard InChI is InChI=1S/C14H15Cl2F3N4O6S2/c1-28-12-13(29-2)22-10-8(21-12)6-7(15)9(16)11(10)23(30(3,24)25)5-4-20-31(26,27)14(17,18)19/h6,20H,4-5H2,1-3H3. The third kappa shape index (κ3) is 5.34. The molecule has 17 heteroatoms. The molecule has 10 nitrogen and oxygen atoms in total. The highest BCUT2D eigenvalue weighted by atomic mass is 35.5. The van der Waals surface area contributed by atoms with Crippen LogP contribution >= 0.6 is 23.2 Å². The molecular weight excluding hydrogens is 512 g/mol. The van der Waals surface area contributed by atoms with Crippen LogP contribution in [0.5, 0.6) is 11.8 Å². The van der Waals surface area contributed by atoms with E-state index in [1.54, 1.807) is 0 Å². The highest BCUT2D eigenvalue weighted by Gasteiger charge is 2.45. The Balaban J connectivity index is 2.64. The summed E-state index contributed by atoms with van der Waals surface area (Å²) in [5.74, 6) is -0.191. The lowest BCUT2D eigenvalue weighted by atomic mass is 10.2. The largest absolute Gasteiger partial charge is 0.511 e. The monoisotopic (exact) mass is 526 g/mol. The van der Waals surface area contributed by atoms with Gasteiger partial charge >= 0.3 is 15.5 Å². The van der Waals surface area contributed by atoms with E-state index >= 15 is 0 Å². The van der Waals surface area contributed by atoms with Gasteiger partial charge in [0, 0.05) is 13.1 Å². The Kier molecular flexibility index (Phi) is 7.37. The van der Waals surface area contributed by atoms with Gasteiger partial charge < -0.3 is 9.47 Å². The van der Waals surface area contributed by atoms with Crippen LogP contribution in [-0.4, -0.2) is 65.9 Å². The summed E-state index contributed by atoms with van der Waals surface area (Å²) < 4.78 is 96.7. The van der Waals surface area contributed by atoms with Crippen LogP contribution in [0.1, 0.15) is 0 Å². The molecular formula is C14H15Cl2F3N4O6S2. The second kappa shape index (κ2) is 8.97. The van der Waals surface area contributed by atoms with Crippen molar-refractivity contribution < 1.29 is 39.5 Å². The summed E-state index contributed by atoms with van der Waals surface area (Å²) in [7, 11) is -7.37. The van der Waals surface area contributed by atoms with Crippen LogP contribution in [0.2, 0.25) is 10.0 Å². The van der Waals surface area contributed by atoms with Crippen molar-refractivity contribution >= 4 is 60.0 Å². The molecule has 0 saturated carbocycles. The average Bonchev–Trinajstić information content (AvgIpc) is 2.64. The van der Waals surface area contributed by atoms with Gasteiger partial charge in [0.25, 0.3) is 11.8 Å². The lowest BCUT2D eigenvalue weighted by molar-refractivity contribution is -0.0447. The zero-order chi connectivity index (χ0) is 23.8. The summed E-state index contributed by atoms with van der Waals surface area (Å²) in [4.78, 5) is 8.23. The Hall–Kier alpha value is -1.81. The molecule has 0 saturated heterocycles. The van der Waals surface area contributed by atoms with Gasteiger partial charge in [-0.25, -0.2) is 31.5 Å². The minimum atomic E-state index is -5.70. The molecule has 0 radical (unpaired) electrons. The number of benzene rings is 1. The van der Waals surface area contributed by atoms with Gasteiger partial charge in [-0.1, -0.05) is 23.2 Å². The van der Waals surface area contributed by atoms with Gasteiger partial charge in [0.1, 0.15) is 5.52 Å². The lowest BCUT2D eigenvalue weighted by Gasteiger charge is -2.25. The summed E-state index contributed by atoms with van der Waals surface area (Å²) >= 11 is 12.3. The molecule has 0 atom stereocenters. The summed E-state index contributed by atoms with van der Waals surface area (Å²) in [6.07, 6.45) is 0.739. The summed E-state index contributed by atoms with van der Waals surface area (Å²) in [6.45, 7) is -1.70. The molecule has 0 unspecified atom stereocenters. The number of ether oxygens (including phenoxy) is 2. The molecule has 1 aromatic heterocycles. The fraction of sp³-hybridized carbons (Fsp3) is 0.429. The van der Waals surface area contributed by atoms with E-state index in [4.69, 9.17) is 32.7 Å². The second-order valence-corrected chi connectivity index (χ2v) is 10.3. The molecule has 174 valence electrons. The van der Waals surface area contributed by atoms with Gasteiger partial charge in [0.2, 0.25) is 10.0 Å². The summed E-state index contributed by atoms with van der Waals surface area (Å²) in [6, 6.07) is 1.27. The van der Waals surface area contributed by atoms with Crippen LogP contribution in [0.15, 0.2) is 6.07 Å². The van der Waals surface area contributed by atoms with Crippen molar-refractivity contribution in [2.75, 3.05) is 37.9 Å². The highest BCUT2D eigenvalue weighted by molar-refractivity contribution is 7.92. The Labute approximate surface area is 185 Å². The first kappa shape index (κ1) is 25.5. The zero-order valence-corrected chi connectivity index (χ0v) is 19.1. The number of nitrogens with zero attached hydrogens (tertiary/aromatic N) is 3. The quantitative estimate of drug-likeness (QED) is 0.554. The molecule has 1 heterocycles. The number of hydrogen-bond donors (Lipinski definition) is 1. The van der Waals surface area contributed by atoms with Gasteiger partial charge in [-0.3, -0.25) is 4.31 Å². The second-order valence-electron chi connectivity index (χ2n) is 5.81. The van der Waals surface area contributed by atoms with Crippen molar-refractivity contribution in [1.82, 2.24) is 14.7 Å². The lowest BCUT2D eigenvalue weighted by Crippen LogP contribution is -2.42. The molecule has 1 aromatic carbocycles. The van der Waals surface area contributed by atoms with Crippen molar-refractivity contribution in [2.24, 2.45) is 0 Å². The fourth-order valence-corrected chi connectivity index (χ4v) is 4.34. The smallest absolute Gasteiger partial charge is 0.477 e. The molecule has 2 rings (SSSR count). The molecule has 1 N–H and O–H groups in total. The molecule has 0 aliphatic rings. The maximum Gasteiger partial charge on any atom is 0.511 e. The van der Waals surface area contributed by atoms with Crippen molar-refractivity contribution in [3.05, 3.63) is 16.1 Å². The van der Waals surface area contributed by atoms with Gasteiger partial charge in [-0.2, -0.15) is 13.2 Å². The number of nitrogens with one attached hydrogen (secondary N) is 1. The van der Waals surface area contributed by atoms with Crippen LogP contribution in [0.25, 0.3) is 11.0 Å². The van der Waals surface area contributed by atoms with E-state index in [9.17, 15) is 30.0 Å². The minimum Gasteiger partial charge on any atom is -0.477 e. The molecule has 0 amide bonds. The molecule has 0 aliphatic heterocycles. The van der Waals surface area contributed by atoms with Crippen LogP contribution in [0.3, 0.4) is 0 Å². The number of halogens is 5. The number of anilines is 1. The predicted molar refractivity (Wildman–Crippen MR) is 108 cm³/mol. The first-order valence-corrected chi connectivity index (χ1v) is 12.0. The topological polar surface area (TPSA) is 128 Å². The van der Waals surface area contributed by atoms with E-state index in [1.807, 2.05) is 0 Å². The van der Waals surface area contributed by atoms with E-state index < -0.39 is 38.6 Å². The number of fused-ring (bicyclic) bond motifs is 1. The highest BCUT2D eigenvalue weighted by Crippen LogP contribution is 2.41. The van der Waals surface area contributed by atoms with E-state index in [2.05, 4.69) is 9.97 Å². The fourth-order valence-electron chi connectivity index (χ4n) is 2.39. The Morgan fingerprint density at radius 3 is 2.13 bits per heavy atom. The van der Waals surface area contributed by atoms with Crippen LogP contribution in [0, 0.1) is 0 Å². The third-order valence-electron chi connectivity index (χ3n) is 3.71. The maximum atomic E-state index is 12.5. The van der Waals surface area contributed by atoms with E-state index in [0.29, 0.717) is 4.31 Å². The minimum absolute atomic E-state index is 0.0339. The van der Waals surface area contributed by atoms with Crippen molar-refractivity contribution in [1.29, 1.82) is 0 Å². The maximum absolute atomic E-state index is 12.5. The predicted octanol–water partition coefficient (Wildman–Crippen LogP) is 2.16. The van der Waals surface area contributed by atoms with Crippen molar-refractivity contribution in [3.8, 4) is 11.8 Å². The molecule has 2 aromatic rings. The number of alkyl halides is 3. The van der Waals surface area contributed by atoms with Crippen LogP contribution in [-0.2, 0) is 20.0 Å². The third-order valence-corrected chi connectivity index (χ3v) is 6.85. The SMILES string of the molecule is COc1nc2cc(Cl)c(Cl)c(N(CCNS(=O)(=O)C(F)(F)F)S(C)(=O)=O)c2nc1OC. The van der Waals surface area contributed by atoms with E-state index in [1.165, 1.54) is 25.0 Å². The number of methoxy groups -OCH3 is 2. The number of hydrogen-bond acceptors (Lipinski definition) is 8. The summed E-state index contributed by atoms with van der Waals surface area (Å²) in [5, 5.41) is -0.449. The van der Waals surface area contributed by atoms with Gasteiger partial charge in [0.05, 0.1) is 41.7 Å². The Morgan fingerprint density at radius 1 is 1.10 bits per heavy atom. The van der Waals surface area contributed by atoms with Crippen molar-refractivity contribution in [2.45, 2.75) is 5.51 Å². The van der Waals surface area contributed by atoms with Crippen LogP contribution < -0.4 is 18.5 Å². The summed E-state index contributed by atoms with van der Waals surface area (Å²) in [5.41, 5.74) is -5.99. The van der Waals surface area contributed by atoms with Gasteiger partial charge in [0.15, 0.2) is 0 Å². The molecule has 0 aliphatic carbocycles. The van der Waals surface area contributed by atoms with Crippen molar-refractivity contribution in [3.63, 3.8) is 0 Å². The zero-order valence-electron chi connectivity index (χ0n) is 16.0. The van der Waals surface area contributed by atoms with Gasteiger partial charge in [-0.05, 0) is 6.07 Å². The molecule has 0 bridgehead atoms. The van der Waals surface area contributed by atoms with Crippen LogP contribution in [0.4, 0.5) is 18.9 Å². The number of sulfonamides is 2. The Morgan fingerprint density at radius 2 is 1.65 bits per heavy atom. The molecule has 31 heavy (non-hydrogen) atoms. The average molecular weight is 527 g/mol. The Bertz CT molecular complexity index is 1210. The number of aromatic nitrogens is 2. The molecule has 0 spiro atoms. The van der Waals surface area contributed by atoms with Gasteiger partial charge in [-0.15, -0.1) is 0 Å². The first-order chi connectivity index (χ1) is 14.1. The molecule has 0 fully saturated rings. The van der Waals surface area contributed by atoms with E-state index in [0.717, 1.165) is 6.26 Å². The first-order valence-electron chi connectivity index (χ1n) is 7.95.